The summed E-state index contributed by atoms with van der Waals surface area (Å²) in [4.78, 5) is 9.02. The van der Waals surface area contributed by atoms with Crippen molar-refractivity contribution < 1.29 is 9.47 Å². The molecule has 3 rings (SSSR count). The quantitative estimate of drug-likeness (QED) is 0.687. The van der Waals surface area contributed by atoms with Crippen molar-refractivity contribution in [2.75, 3.05) is 13.7 Å². The average molecular weight is 289 g/mol. The number of hydrogen-bond donors (Lipinski definition) is 0. The summed E-state index contributed by atoms with van der Waals surface area (Å²) in [6.45, 7) is 2.49. The molecule has 2 heterocycles. The third kappa shape index (κ3) is 2.12. The van der Waals surface area contributed by atoms with E-state index in [-0.39, 0.29) is 0 Å². The lowest BCUT2D eigenvalue weighted by atomic mass is 10.1. The van der Waals surface area contributed by atoms with Crippen molar-refractivity contribution >= 4 is 33.5 Å². The Bertz CT molecular complexity index is 790. The molecular formula is C15H13ClN2O2. The molecule has 0 aliphatic carbocycles. The molecule has 0 fully saturated rings. The van der Waals surface area contributed by atoms with Gasteiger partial charge in [0.1, 0.15) is 5.52 Å². The number of fused-ring (bicyclic) bond motifs is 2. The molecule has 0 unspecified atom stereocenters. The van der Waals surface area contributed by atoms with Crippen molar-refractivity contribution in [3.63, 3.8) is 0 Å². The fourth-order valence-electron chi connectivity index (χ4n) is 2.14. The first-order valence-electron chi connectivity index (χ1n) is 6.29. The Morgan fingerprint density at radius 3 is 2.70 bits per heavy atom. The number of benzene rings is 1. The van der Waals surface area contributed by atoms with Crippen LogP contribution in [0.5, 0.6) is 11.6 Å². The lowest BCUT2D eigenvalue weighted by molar-refractivity contribution is 0.346. The van der Waals surface area contributed by atoms with Crippen molar-refractivity contribution in [2.24, 2.45) is 0 Å². The molecule has 0 N–H and O–H groups in total. The first-order valence-corrected chi connectivity index (χ1v) is 6.67. The molecule has 0 amide bonds. The summed E-state index contributed by atoms with van der Waals surface area (Å²) in [7, 11) is 1.59. The number of rotatable bonds is 3. The van der Waals surface area contributed by atoms with Gasteiger partial charge in [-0.2, -0.15) is 0 Å². The van der Waals surface area contributed by atoms with Gasteiger partial charge in [0.05, 0.1) is 24.8 Å². The van der Waals surface area contributed by atoms with Crippen molar-refractivity contribution in [3.05, 3.63) is 35.4 Å². The Hall–Kier alpha value is -2.07. The first-order chi connectivity index (χ1) is 9.72. The number of pyridine rings is 2. The molecule has 0 saturated carbocycles. The third-order valence-electron chi connectivity index (χ3n) is 3.01. The van der Waals surface area contributed by atoms with Crippen LogP contribution in [0.3, 0.4) is 0 Å². The van der Waals surface area contributed by atoms with Gasteiger partial charge in [0, 0.05) is 16.5 Å². The zero-order valence-corrected chi connectivity index (χ0v) is 11.9. The Morgan fingerprint density at radius 1 is 1.10 bits per heavy atom. The van der Waals surface area contributed by atoms with Crippen molar-refractivity contribution in [2.45, 2.75) is 6.92 Å². The van der Waals surface area contributed by atoms with Crippen LogP contribution in [0, 0.1) is 0 Å². The molecule has 0 spiro atoms. The van der Waals surface area contributed by atoms with E-state index in [9.17, 15) is 0 Å². The minimum atomic E-state index is 0.536. The second-order valence-electron chi connectivity index (χ2n) is 4.26. The molecule has 0 aliphatic rings. The topological polar surface area (TPSA) is 44.2 Å². The van der Waals surface area contributed by atoms with Crippen LogP contribution in [0.25, 0.3) is 21.9 Å². The van der Waals surface area contributed by atoms with Gasteiger partial charge in [-0.3, -0.25) is 0 Å². The van der Waals surface area contributed by atoms with E-state index in [2.05, 4.69) is 9.97 Å². The molecule has 4 nitrogen and oxygen atoms in total. The third-order valence-corrected chi connectivity index (χ3v) is 3.24. The molecule has 0 atom stereocenters. The molecule has 3 aromatic rings. The Morgan fingerprint density at radius 2 is 1.95 bits per heavy atom. The summed E-state index contributed by atoms with van der Waals surface area (Å²) < 4.78 is 10.9. The summed E-state index contributed by atoms with van der Waals surface area (Å²) in [5, 5.41) is 1.54. The smallest absolute Gasteiger partial charge is 0.213 e. The molecule has 1 aromatic carbocycles. The van der Waals surface area contributed by atoms with Gasteiger partial charge in [-0.25, -0.2) is 9.97 Å². The molecule has 102 valence electrons. The largest absolute Gasteiger partial charge is 0.491 e. The number of halogens is 1. The maximum Gasteiger partial charge on any atom is 0.213 e. The van der Waals surface area contributed by atoms with Crippen LogP contribution in [0.1, 0.15) is 6.92 Å². The predicted molar refractivity (Wildman–Crippen MR) is 79.8 cm³/mol. The number of ether oxygens (including phenoxy) is 2. The van der Waals surface area contributed by atoms with Crippen molar-refractivity contribution in [1.82, 2.24) is 9.97 Å². The maximum absolute atomic E-state index is 6.03. The van der Waals surface area contributed by atoms with Crippen molar-refractivity contribution in [1.29, 1.82) is 0 Å². The number of hydrogen-bond acceptors (Lipinski definition) is 4. The Balaban J connectivity index is 2.41. The highest BCUT2D eigenvalue weighted by Crippen LogP contribution is 2.33. The van der Waals surface area contributed by atoms with E-state index >= 15 is 0 Å². The van der Waals surface area contributed by atoms with E-state index in [0.29, 0.717) is 28.8 Å². The summed E-state index contributed by atoms with van der Waals surface area (Å²) in [6.07, 6.45) is 0. The van der Waals surface area contributed by atoms with Crippen LogP contribution in [-0.2, 0) is 0 Å². The number of methoxy groups -OCH3 is 1. The maximum atomic E-state index is 6.03. The second kappa shape index (κ2) is 5.13. The molecule has 0 radical (unpaired) electrons. The molecule has 2 aromatic heterocycles. The van der Waals surface area contributed by atoms with Crippen LogP contribution in [-0.4, -0.2) is 23.7 Å². The van der Waals surface area contributed by atoms with Crippen LogP contribution < -0.4 is 9.47 Å². The molecular weight excluding hydrogens is 276 g/mol. The van der Waals surface area contributed by atoms with E-state index in [1.54, 1.807) is 13.2 Å². The highest BCUT2D eigenvalue weighted by molar-refractivity contribution is 6.31. The van der Waals surface area contributed by atoms with Gasteiger partial charge in [0.25, 0.3) is 0 Å². The molecule has 0 bridgehead atoms. The van der Waals surface area contributed by atoms with Gasteiger partial charge in [-0.05, 0) is 31.2 Å². The van der Waals surface area contributed by atoms with Crippen LogP contribution in [0.4, 0.5) is 0 Å². The highest BCUT2D eigenvalue weighted by atomic mass is 35.5. The zero-order chi connectivity index (χ0) is 14.1. The van der Waals surface area contributed by atoms with E-state index in [4.69, 9.17) is 21.1 Å². The van der Waals surface area contributed by atoms with Crippen LogP contribution >= 0.6 is 11.6 Å². The van der Waals surface area contributed by atoms with Gasteiger partial charge in [0.15, 0.2) is 5.75 Å². The zero-order valence-electron chi connectivity index (χ0n) is 11.2. The van der Waals surface area contributed by atoms with Crippen molar-refractivity contribution in [3.8, 4) is 11.6 Å². The summed E-state index contributed by atoms with van der Waals surface area (Å²) in [6, 6.07) is 9.19. The minimum Gasteiger partial charge on any atom is -0.491 e. The predicted octanol–water partition coefficient (Wildman–Crippen LogP) is 3.84. The molecule has 20 heavy (non-hydrogen) atoms. The summed E-state index contributed by atoms with van der Waals surface area (Å²) in [5.74, 6) is 1.25. The number of aromatic nitrogens is 2. The molecule has 0 aliphatic heterocycles. The van der Waals surface area contributed by atoms with Gasteiger partial charge < -0.3 is 9.47 Å². The van der Waals surface area contributed by atoms with E-state index in [1.165, 1.54) is 0 Å². The standard InChI is InChI=1S/C15H13ClN2O2/c1-3-20-15-10-5-4-9(16)8-12(10)17-11-6-7-13(19-2)18-14(11)15/h4-8H,3H2,1-2H3. The number of nitrogens with zero attached hydrogens (tertiary/aromatic N) is 2. The lowest BCUT2D eigenvalue weighted by Crippen LogP contribution is -1.98. The fraction of sp³-hybridized carbons (Fsp3) is 0.200. The highest BCUT2D eigenvalue weighted by Gasteiger charge is 2.12. The normalized spacial score (nSPS) is 10.9. The second-order valence-corrected chi connectivity index (χ2v) is 4.69. The van der Waals surface area contributed by atoms with E-state index < -0.39 is 0 Å². The van der Waals surface area contributed by atoms with Gasteiger partial charge >= 0.3 is 0 Å². The van der Waals surface area contributed by atoms with Crippen LogP contribution in [0.2, 0.25) is 5.02 Å². The Kier molecular flexibility index (Phi) is 3.32. The fourth-order valence-corrected chi connectivity index (χ4v) is 2.31. The average Bonchev–Trinajstić information content (AvgIpc) is 2.46. The summed E-state index contributed by atoms with van der Waals surface area (Å²) in [5.41, 5.74) is 2.24. The minimum absolute atomic E-state index is 0.536. The molecule has 5 heteroatoms. The van der Waals surface area contributed by atoms with Gasteiger partial charge in [-0.1, -0.05) is 11.6 Å². The summed E-state index contributed by atoms with van der Waals surface area (Å²) >= 11 is 6.03. The van der Waals surface area contributed by atoms with Gasteiger partial charge in [-0.15, -0.1) is 0 Å². The van der Waals surface area contributed by atoms with E-state index in [0.717, 1.165) is 16.4 Å². The van der Waals surface area contributed by atoms with Gasteiger partial charge in [0.2, 0.25) is 5.88 Å². The first kappa shape index (κ1) is 12.9. The lowest BCUT2D eigenvalue weighted by Gasteiger charge is -2.11. The Labute approximate surface area is 121 Å². The molecule has 0 saturated heterocycles. The monoisotopic (exact) mass is 288 g/mol. The SMILES string of the molecule is CCOc1c2ccc(Cl)cc2nc2ccc(OC)nc12. The van der Waals surface area contributed by atoms with Crippen LogP contribution in [0.15, 0.2) is 30.3 Å². The van der Waals surface area contributed by atoms with E-state index in [1.807, 2.05) is 31.2 Å².